The highest BCUT2D eigenvalue weighted by Gasteiger charge is 2.28. The lowest BCUT2D eigenvalue weighted by molar-refractivity contribution is -0.643. The maximum atomic E-state index is 15.7. The van der Waals surface area contributed by atoms with Crippen molar-refractivity contribution in [1.82, 2.24) is 19.4 Å². The topological polar surface area (TPSA) is 47.0 Å². The van der Waals surface area contributed by atoms with Gasteiger partial charge in [0, 0.05) is 33.2 Å². The van der Waals surface area contributed by atoms with E-state index in [0.29, 0.717) is 11.2 Å². The molecule has 200 valence electrons. The smallest absolute Gasteiger partial charge is 0.224 e. The Labute approximate surface area is 232 Å². The second-order valence-corrected chi connectivity index (χ2v) is 13.2. The lowest BCUT2D eigenvalue weighted by atomic mass is 9.92. The average Bonchev–Trinajstić information content (AvgIpc) is 3.24. The van der Waals surface area contributed by atoms with Crippen LogP contribution in [0.5, 0.6) is 0 Å². The standard InChI is InChI=1S/C34H33FN5/c1-18-15-22(35)27-21-11-9-10-12-23(21)40-24-17-20(16-19-13-14-39(8)28(26(19)24)25(18)29(27)40)30-36-31(33(2,3)4)38-32(37-30)34(5,6)7/h9-17H,1-8H3/q+1. The third-order valence-electron chi connectivity index (χ3n) is 8.02. The van der Waals surface area contributed by atoms with E-state index in [9.17, 15) is 0 Å². The summed E-state index contributed by atoms with van der Waals surface area (Å²) in [6.07, 6.45) is 2.09. The molecule has 0 atom stereocenters. The first-order valence-electron chi connectivity index (χ1n) is 13.8. The minimum Gasteiger partial charge on any atom is -0.307 e. The molecular weight excluding hydrogens is 497 g/mol. The third-order valence-corrected chi connectivity index (χ3v) is 8.02. The van der Waals surface area contributed by atoms with Gasteiger partial charge >= 0.3 is 0 Å². The number of hydrogen-bond acceptors (Lipinski definition) is 3. The quantitative estimate of drug-likeness (QED) is 0.124. The van der Waals surface area contributed by atoms with Crippen LogP contribution in [0.15, 0.2) is 54.7 Å². The second-order valence-electron chi connectivity index (χ2n) is 13.2. The zero-order valence-electron chi connectivity index (χ0n) is 24.3. The zero-order valence-corrected chi connectivity index (χ0v) is 24.3. The number of benzene rings is 3. The molecule has 4 aromatic heterocycles. The van der Waals surface area contributed by atoms with E-state index in [1.54, 1.807) is 6.07 Å². The summed E-state index contributed by atoms with van der Waals surface area (Å²) in [5, 5.41) is 4.88. The molecule has 0 amide bonds. The predicted molar refractivity (Wildman–Crippen MR) is 161 cm³/mol. The lowest BCUT2D eigenvalue weighted by Gasteiger charge is -2.23. The fourth-order valence-electron chi connectivity index (χ4n) is 6.05. The number of fused-ring (bicyclic) bond motifs is 5. The highest BCUT2D eigenvalue weighted by Crippen LogP contribution is 2.42. The molecular formula is C34H33FN5+. The summed E-state index contributed by atoms with van der Waals surface area (Å²) in [5.41, 5.74) is 5.38. The zero-order chi connectivity index (χ0) is 28.3. The van der Waals surface area contributed by atoms with Gasteiger partial charge in [-0.1, -0.05) is 59.7 Å². The molecule has 7 rings (SSSR count). The van der Waals surface area contributed by atoms with E-state index in [1.807, 2.05) is 25.1 Å². The Kier molecular flexibility index (Phi) is 4.92. The van der Waals surface area contributed by atoms with Crippen LogP contribution in [0.3, 0.4) is 0 Å². The van der Waals surface area contributed by atoms with Gasteiger partial charge in [-0.2, -0.15) is 0 Å². The van der Waals surface area contributed by atoms with Gasteiger partial charge in [0.1, 0.15) is 24.5 Å². The SMILES string of the molecule is Cc1cc(F)c2c3ccccc3n3c4cc(-c5nc(C(C)(C)C)nc(C(C)(C)C)n5)cc5cc[n+](C)c(c1c23)c54. The summed E-state index contributed by atoms with van der Waals surface area (Å²) in [7, 11) is 2.07. The van der Waals surface area contributed by atoms with Crippen molar-refractivity contribution in [3.8, 4) is 11.4 Å². The number of pyridine rings is 2. The van der Waals surface area contributed by atoms with Crippen LogP contribution in [0.2, 0.25) is 0 Å². The number of rotatable bonds is 1. The molecule has 6 heteroatoms. The van der Waals surface area contributed by atoms with E-state index in [-0.39, 0.29) is 16.6 Å². The van der Waals surface area contributed by atoms with E-state index in [1.165, 1.54) is 0 Å². The molecule has 0 radical (unpaired) electrons. The van der Waals surface area contributed by atoms with Gasteiger partial charge in [0.2, 0.25) is 5.52 Å². The maximum Gasteiger partial charge on any atom is 0.224 e. The molecule has 0 bridgehead atoms. The summed E-state index contributed by atoms with van der Waals surface area (Å²) >= 11 is 0. The normalized spacial score (nSPS) is 13.1. The first-order chi connectivity index (χ1) is 18.8. The maximum absolute atomic E-state index is 15.7. The molecule has 5 nitrogen and oxygen atoms in total. The van der Waals surface area contributed by atoms with E-state index < -0.39 is 0 Å². The van der Waals surface area contributed by atoms with Gasteiger partial charge in [-0.05, 0) is 42.1 Å². The molecule has 0 aliphatic heterocycles. The van der Waals surface area contributed by atoms with Crippen LogP contribution < -0.4 is 4.57 Å². The average molecular weight is 531 g/mol. The first kappa shape index (κ1) is 24.8. The Hall–Kier alpha value is -4.19. The third kappa shape index (κ3) is 3.38. The second kappa shape index (κ2) is 7.94. The van der Waals surface area contributed by atoms with Crippen molar-refractivity contribution >= 4 is 49.0 Å². The Morgan fingerprint density at radius 1 is 0.775 bits per heavy atom. The fourth-order valence-corrected chi connectivity index (χ4v) is 6.05. The van der Waals surface area contributed by atoms with Gasteiger partial charge in [-0.3, -0.25) is 0 Å². The summed E-state index contributed by atoms with van der Waals surface area (Å²) in [6.45, 7) is 14.8. The monoisotopic (exact) mass is 530 g/mol. The number of halogens is 1. The Bertz CT molecular complexity index is 2130. The van der Waals surface area contributed by atoms with Gasteiger partial charge in [-0.25, -0.2) is 23.9 Å². The van der Waals surface area contributed by atoms with Gasteiger partial charge in [0.15, 0.2) is 12.0 Å². The summed E-state index contributed by atoms with van der Waals surface area (Å²) in [5.74, 6) is 2.01. The highest BCUT2D eigenvalue weighted by atomic mass is 19.1. The molecule has 0 aliphatic carbocycles. The van der Waals surface area contributed by atoms with Crippen LogP contribution in [0.4, 0.5) is 4.39 Å². The van der Waals surface area contributed by atoms with Gasteiger partial charge in [-0.15, -0.1) is 0 Å². The van der Waals surface area contributed by atoms with Crippen LogP contribution in [-0.2, 0) is 17.9 Å². The first-order valence-corrected chi connectivity index (χ1v) is 13.8. The van der Waals surface area contributed by atoms with Gasteiger partial charge in [0.05, 0.1) is 27.3 Å². The van der Waals surface area contributed by atoms with E-state index in [0.717, 1.165) is 66.4 Å². The number of para-hydroxylation sites is 1. The largest absolute Gasteiger partial charge is 0.307 e. The Morgan fingerprint density at radius 2 is 1.45 bits per heavy atom. The van der Waals surface area contributed by atoms with Crippen LogP contribution in [0, 0.1) is 12.7 Å². The highest BCUT2D eigenvalue weighted by molar-refractivity contribution is 6.26. The molecule has 0 fully saturated rings. The van der Waals surface area contributed by atoms with Crippen molar-refractivity contribution in [3.05, 3.63) is 77.8 Å². The van der Waals surface area contributed by atoms with E-state index >= 15 is 4.39 Å². The summed E-state index contributed by atoms with van der Waals surface area (Å²) < 4.78 is 20.1. The molecule has 3 aromatic carbocycles. The van der Waals surface area contributed by atoms with Crippen LogP contribution in [0.25, 0.3) is 60.4 Å². The number of aryl methyl sites for hydroxylation is 2. The van der Waals surface area contributed by atoms with Gasteiger partial charge < -0.3 is 4.40 Å². The summed E-state index contributed by atoms with van der Waals surface area (Å²) in [4.78, 5) is 14.9. The molecule has 0 saturated carbocycles. The minimum atomic E-state index is -0.236. The van der Waals surface area contributed by atoms with Crippen molar-refractivity contribution in [1.29, 1.82) is 0 Å². The van der Waals surface area contributed by atoms with Gasteiger partial charge in [0.25, 0.3) is 0 Å². The molecule has 0 aliphatic rings. The summed E-state index contributed by atoms with van der Waals surface area (Å²) in [6, 6.07) is 16.3. The predicted octanol–water partition coefficient (Wildman–Crippen LogP) is 7.71. The molecule has 0 spiro atoms. The van der Waals surface area contributed by atoms with E-state index in [4.69, 9.17) is 15.0 Å². The Balaban J connectivity index is 1.72. The van der Waals surface area contributed by atoms with Crippen molar-refractivity contribution < 1.29 is 8.96 Å². The van der Waals surface area contributed by atoms with Crippen molar-refractivity contribution in [2.75, 3.05) is 0 Å². The molecule has 4 heterocycles. The Morgan fingerprint density at radius 3 is 2.12 bits per heavy atom. The van der Waals surface area contributed by atoms with Crippen LogP contribution in [0.1, 0.15) is 58.8 Å². The molecule has 0 saturated heterocycles. The lowest BCUT2D eigenvalue weighted by Crippen LogP contribution is -2.29. The number of aromatic nitrogens is 5. The number of nitrogens with zero attached hydrogens (tertiary/aromatic N) is 5. The van der Waals surface area contributed by atoms with Crippen molar-refractivity contribution in [2.24, 2.45) is 7.05 Å². The van der Waals surface area contributed by atoms with Crippen molar-refractivity contribution in [2.45, 2.75) is 59.3 Å². The minimum absolute atomic E-state index is 0.192. The van der Waals surface area contributed by atoms with Crippen LogP contribution >= 0.6 is 0 Å². The molecule has 0 unspecified atom stereocenters. The fraction of sp³-hybridized carbons (Fsp3) is 0.294. The molecule has 0 N–H and O–H groups in total. The van der Waals surface area contributed by atoms with Crippen LogP contribution in [-0.4, -0.2) is 19.4 Å². The number of hydrogen-bond donors (Lipinski definition) is 0. The molecule has 7 aromatic rings. The van der Waals surface area contributed by atoms with Crippen molar-refractivity contribution in [3.63, 3.8) is 0 Å². The molecule has 40 heavy (non-hydrogen) atoms. The van der Waals surface area contributed by atoms with E-state index in [2.05, 4.69) is 88.0 Å².